The molecule has 0 saturated heterocycles. The van der Waals surface area contributed by atoms with Crippen molar-refractivity contribution in [1.29, 1.82) is 0 Å². The number of benzene rings is 2. The van der Waals surface area contributed by atoms with E-state index in [0.717, 1.165) is 5.75 Å². The number of thioether (sulfide) groups is 1. The van der Waals surface area contributed by atoms with Gasteiger partial charge in [0.1, 0.15) is 0 Å². The third kappa shape index (κ3) is 3.85. The molecule has 0 spiro atoms. The molecule has 6 nitrogen and oxygen atoms in total. The summed E-state index contributed by atoms with van der Waals surface area (Å²) in [6.45, 7) is 1.96. The molecule has 0 aromatic heterocycles. The summed E-state index contributed by atoms with van der Waals surface area (Å²) in [4.78, 5) is 29.5. The molecule has 26 heavy (non-hydrogen) atoms. The van der Waals surface area contributed by atoms with E-state index in [9.17, 15) is 14.9 Å². The number of hydrogen-bond donors (Lipinski definition) is 0. The molecular weight excluding hydrogens is 397 g/mol. The van der Waals surface area contributed by atoms with Crippen LogP contribution < -0.4 is 4.90 Å². The fraction of sp³-hybridized carbons (Fsp3) is 0.176. The fourth-order valence-corrected chi connectivity index (χ4v) is 3.82. The number of non-ortho nitro benzene ring substituents is 1. The zero-order valence-electron chi connectivity index (χ0n) is 13.6. The average Bonchev–Trinajstić information content (AvgIpc) is 3.02. The van der Waals surface area contributed by atoms with Gasteiger partial charge in [-0.25, -0.2) is 0 Å². The highest BCUT2D eigenvalue weighted by molar-refractivity contribution is 8.14. The van der Waals surface area contributed by atoms with Gasteiger partial charge in [-0.2, -0.15) is 0 Å². The summed E-state index contributed by atoms with van der Waals surface area (Å²) in [5.74, 6) is 0.355. The van der Waals surface area contributed by atoms with Crippen molar-refractivity contribution < 1.29 is 9.72 Å². The number of amides is 1. The van der Waals surface area contributed by atoms with Gasteiger partial charge in [0.25, 0.3) is 11.6 Å². The molecule has 1 aliphatic rings. The predicted octanol–water partition coefficient (Wildman–Crippen LogP) is 5.04. The van der Waals surface area contributed by atoms with E-state index >= 15 is 0 Å². The smallest absolute Gasteiger partial charge is 0.268 e. The van der Waals surface area contributed by atoms with Crippen molar-refractivity contribution in [2.24, 2.45) is 4.99 Å². The number of carbonyl (C=O) groups is 1. The zero-order chi connectivity index (χ0) is 18.8. The Morgan fingerprint density at radius 1 is 1.27 bits per heavy atom. The first-order chi connectivity index (χ1) is 12.4. The Balaban J connectivity index is 2.04. The minimum Gasteiger partial charge on any atom is -0.268 e. The van der Waals surface area contributed by atoms with Gasteiger partial charge in [0.2, 0.25) is 0 Å². The standard InChI is InChI=1S/C17H13Cl2N3O3S/c1-10-9-26-17(20-10)21(12-4-2-11(18)3-5-12)16(23)14-7-6-13(22(24)25)8-15(14)19/h2-8,10H,9H2,1H3/t10-/m0/s1. The number of rotatable bonds is 3. The van der Waals surface area contributed by atoms with Crippen molar-refractivity contribution in [3.8, 4) is 0 Å². The van der Waals surface area contributed by atoms with Gasteiger partial charge >= 0.3 is 0 Å². The van der Waals surface area contributed by atoms with Gasteiger partial charge in [-0.05, 0) is 37.3 Å². The largest absolute Gasteiger partial charge is 0.270 e. The number of halogens is 2. The second-order valence-corrected chi connectivity index (χ2v) is 7.44. The molecule has 0 saturated carbocycles. The van der Waals surface area contributed by atoms with E-state index in [-0.39, 0.29) is 22.3 Å². The van der Waals surface area contributed by atoms with Gasteiger partial charge < -0.3 is 0 Å². The van der Waals surface area contributed by atoms with Crippen LogP contribution in [0.4, 0.5) is 11.4 Å². The fourth-order valence-electron chi connectivity index (χ4n) is 2.40. The molecule has 1 atom stereocenters. The summed E-state index contributed by atoms with van der Waals surface area (Å²) in [7, 11) is 0. The minimum atomic E-state index is -0.560. The molecule has 1 amide bonds. The Labute approximate surface area is 164 Å². The maximum absolute atomic E-state index is 13.2. The third-order valence-corrected chi connectivity index (χ3v) is 5.42. The molecular formula is C17H13Cl2N3O3S. The summed E-state index contributed by atoms with van der Waals surface area (Å²) in [6, 6.07) is 10.7. The van der Waals surface area contributed by atoms with Crippen LogP contribution in [-0.4, -0.2) is 27.8 Å². The zero-order valence-corrected chi connectivity index (χ0v) is 15.9. The Morgan fingerprint density at radius 2 is 1.96 bits per heavy atom. The highest BCUT2D eigenvalue weighted by atomic mass is 35.5. The number of nitro benzene ring substituents is 1. The number of anilines is 1. The van der Waals surface area contributed by atoms with Crippen LogP contribution in [0.5, 0.6) is 0 Å². The van der Waals surface area contributed by atoms with Crippen molar-refractivity contribution in [2.75, 3.05) is 10.7 Å². The highest BCUT2D eigenvalue weighted by Gasteiger charge is 2.29. The average molecular weight is 410 g/mol. The summed E-state index contributed by atoms with van der Waals surface area (Å²) >= 11 is 13.6. The van der Waals surface area contributed by atoms with Crippen molar-refractivity contribution in [2.45, 2.75) is 13.0 Å². The Morgan fingerprint density at radius 3 is 2.50 bits per heavy atom. The lowest BCUT2D eigenvalue weighted by atomic mass is 10.1. The highest BCUT2D eigenvalue weighted by Crippen LogP contribution is 2.31. The summed E-state index contributed by atoms with van der Waals surface area (Å²) in [5, 5.41) is 12.0. The molecule has 0 fully saturated rings. The van der Waals surface area contributed by atoms with E-state index < -0.39 is 10.8 Å². The number of amidine groups is 1. The second-order valence-electron chi connectivity index (χ2n) is 5.61. The molecule has 1 aliphatic heterocycles. The molecule has 0 unspecified atom stereocenters. The maximum Gasteiger partial charge on any atom is 0.270 e. The number of nitrogens with zero attached hydrogens (tertiary/aromatic N) is 3. The van der Waals surface area contributed by atoms with E-state index in [1.54, 1.807) is 24.3 Å². The van der Waals surface area contributed by atoms with Gasteiger partial charge in [-0.1, -0.05) is 35.0 Å². The van der Waals surface area contributed by atoms with Crippen LogP contribution in [-0.2, 0) is 0 Å². The van der Waals surface area contributed by atoms with E-state index in [1.165, 1.54) is 34.9 Å². The molecule has 0 bridgehead atoms. The van der Waals surface area contributed by atoms with Crippen LogP contribution >= 0.6 is 35.0 Å². The molecule has 2 aromatic carbocycles. The monoisotopic (exact) mass is 409 g/mol. The molecule has 0 aliphatic carbocycles. The molecule has 134 valence electrons. The quantitative estimate of drug-likeness (QED) is 0.525. The molecule has 3 rings (SSSR count). The first-order valence-corrected chi connectivity index (χ1v) is 9.35. The maximum atomic E-state index is 13.2. The molecule has 1 heterocycles. The van der Waals surface area contributed by atoms with Gasteiger partial charge in [0.05, 0.1) is 27.2 Å². The third-order valence-electron chi connectivity index (χ3n) is 3.66. The lowest BCUT2D eigenvalue weighted by Gasteiger charge is -2.22. The SMILES string of the molecule is C[C@H]1CSC(N(C(=O)c2ccc([N+](=O)[O-])cc2Cl)c2ccc(Cl)cc2)=N1. The lowest BCUT2D eigenvalue weighted by molar-refractivity contribution is -0.384. The first kappa shape index (κ1) is 18.7. The number of hydrogen-bond acceptors (Lipinski definition) is 5. The number of nitro groups is 1. The van der Waals surface area contributed by atoms with Crippen molar-refractivity contribution in [3.63, 3.8) is 0 Å². The van der Waals surface area contributed by atoms with Crippen molar-refractivity contribution in [1.82, 2.24) is 0 Å². The lowest BCUT2D eigenvalue weighted by Crippen LogP contribution is -2.34. The summed E-state index contributed by atoms with van der Waals surface area (Å²) < 4.78 is 0. The first-order valence-electron chi connectivity index (χ1n) is 7.61. The van der Waals surface area contributed by atoms with Crippen LogP contribution in [0, 0.1) is 10.1 Å². The predicted molar refractivity (Wildman–Crippen MR) is 106 cm³/mol. The number of carbonyl (C=O) groups excluding carboxylic acids is 1. The van der Waals surface area contributed by atoms with Crippen LogP contribution in [0.2, 0.25) is 10.0 Å². The number of aliphatic imine (C=N–C) groups is 1. The van der Waals surface area contributed by atoms with Crippen LogP contribution in [0.3, 0.4) is 0 Å². The Hall–Kier alpha value is -2.09. The van der Waals surface area contributed by atoms with Gasteiger partial charge in [0.15, 0.2) is 5.17 Å². The van der Waals surface area contributed by atoms with E-state index in [0.29, 0.717) is 15.9 Å². The Bertz CT molecular complexity index is 903. The van der Waals surface area contributed by atoms with Crippen molar-refractivity contribution >= 4 is 57.4 Å². The van der Waals surface area contributed by atoms with E-state index in [1.807, 2.05) is 6.92 Å². The van der Waals surface area contributed by atoms with Crippen LogP contribution in [0.25, 0.3) is 0 Å². The van der Waals surface area contributed by atoms with Crippen molar-refractivity contribution in [3.05, 3.63) is 68.2 Å². The van der Waals surface area contributed by atoms with Gasteiger partial charge in [-0.15, -0.1) is 0 Å². The topological polar surface area (TPSA) is 75.8 Å². The van der Waals surface area contributed by atoms with Gasteiger partial charge in [-0.3, -0.25) is 24.8 Å². The Kier molecular flexibility index (Phi) is 5.50. The summed E-state index contributed by atoms with van der Waals surface area (Å²) in [5.41, 5.74) is 0.579. The van der Waals surface area contributed by atoms with Gasteiger partial charge in [0, 0.05) is 22.9 Å². The van der Waals surface area contributed by atoms with Crippen LogP contribution in [0.15, 0.2) is 47.5 Å². The van der Waals surface area contributed by atoms with E-state index in [2.05, 4.69) is 4.99 Å². The summed E-state index contributed by atoms with van der Waals surface area (Å²) in [6.07, 6.45) is 0. The molecule has 2 aromatic rings. The molecule has 0 N–H and O–H groups in total. The normalized spacial score (nSPS) is 16.3. The van der Waals surface area contributed by atoms with E-state index in [4.69, 9.17) is 23.2 Å². The molecule has 0 radical (unpaired) electrons. The van der Waals surface area contributed by atoms with Crippen LogP contribution in [0.1, 0.15) is 17.3 Å². The second kappa shape index (κ2) is 7.65. The molecule has 9 heteroatoms. The minimum absolute atomic E-state index is 0.0137.